The minimum atomic E-state index is -0.526. The van der Waals surface area contributed by atoms with Gasteiger partial charge in [-0.05, 0) is 19.4 Å². The maximum atomic E-state index is 10.2. The molecule has 1 atom stereocenters. The topological polar surface area (TPSA) is 32.3 Å². The van der Waals surface area contributed by atoms with Crippen molar-refractivity contribution in [2.45, 2.75) is 25.5 Å². The van der Waals surface area contributed by atoms with Crippen LogP contribution in [0.5, 0.6) is 0 Å². The Kier molecular flexibility index (Phi) is 4.58. The molecule has 84 valence electrons. The number of nitrogens with one attached hydrogen (secondary N) is 1. The van der Waals surface area contributed by atoms with E-state index >= 15 is 0 Å². The zero-order valence-corrected chi connectivity index (χ0v) is 9.96. The van der Waals surface area contributed by atoms with E-state index in [9.17, 15) is 5.11 Å². The molecule has 1 aromatic carbocycles. The largest absolute Gasteiger partial charge is 0.387 e. The molecule has 1 aromatic rings. The zero-order chi connectivity index (χ0) is 11.3. The standard InChI is InChI=1S/C12H18ClNO/c1-12(2,14-9-8-13)11(15)10-6-4-3-5-7-10/h3-7,11,14-15H,8-9H2,1-2H3. The summed E-state index contributed by atoms with van der Waals surface area (Å²) in [4.78, 5) is 0. The molecular formula is C12H18ClNO. The van der Waals surface area contributed by atoms with Crippen LogP contribution in [-0.4, -0.2) is 23.1 Å². The molecule has 3 heteroatoms. The van der Waals surface area contributed by atoms with Gasteiger partial charge in [-0.3, -0.25) is 0 Å². The number of hydrogen-bond donors (Lipinski definition) is 2. The van der Waals surface area contributed by atoms with Crippen LogP contribution >= 0.6 is 11.6 Å². The van der Waals surface area contributed by atoms with Gasteiger partial charge in [0.15, 0.2) is 0 Å². The summed E-state index contributed by atoms with van der Waals surface area (Å²) in [5.74, 6) is 0.547. The first-order valence-electron chi connectivity index (χ1n) is 5.12. The molecule has 15 heavy (non-hydrogen) atoms. The van der Waals surface area contributed by atoms with Gasteiger partial charge in [-0.15, -0.1) is 11.6 Å². The predicted octanol–water partition coefficient (Wildman–Crippen LogP) is 2.33. The van der Waals surface area contributed by atoms with Gasteiger partial charge in [0.05, 0.1) is 6.10 Å². The summed E-state index contributed by atoms with van der Waals surface area (Å²) >= 11 is 5.61. The first kappa shape index (κ1) is 12.5. The molecular weight excluding hydrogens is 210 g/mol. The van der Waals surface area contributed by atoms with Crippen LogP contribution in [0.1, 0.15) is 25.5 Å². The summed E-state index contributed by atoms with van der Waals surface area (Å²) in [6.45, 7) is 4.63. The number of aliphatic hydroxyl groups is 1. The van der Waals surface area contributed by atoms with Crippen LogP contribution in [0, 0.1) is 0 Å². The molecule has 0 bridgehead atoms. The van der Waals surface area contributed by atoms with Crippen molar-refractivity contribution in [3.8, 4) is 0 Å². The Hall–Kier alpha value is -0.570. The van der Waals surface area contributed by atoms with Crippen molar-refractivity contribution in [3.05, 3.63) is 35.9 Å². The third kappa shape index (κ3) is 3.49. The van der Waals surface area contributed by atoms with E-state index in [1.165, 1.54) is 0 Å². The minimum absolute atomic E-state index is 0.365. The quantitative estimate of drug-likeness (QED) is 0.757. The van der Waals surface area contributed by atoms with Gasteiger partial charge in [0.2, 0.25) is 0 Å². The third-order valence-electron chi connectivity index (χ3n) is 2.47. The molecule has 1 rings (SSSR count). The van der Waals surface area contributed by atoms with E-state index in [-0.39, 0.29) is 5.54 Å². The molecule has 0 radical (unpaired) electrons. The van der Waals surface area contributed by atoms with Crippen molar-refractivity contribution in [2.75, 3.05) is 12.4 Å². The highest BCUT2D eigenvalue weighted by molar-refractivity contribution is 6.18. The molecule has 0 aromatic heterocycles. The predicted molar refractivity (Wildman–Crippen MR) is 64.2 cm³/mol. The summed E-state index contributed by atoms with van der Waals surface area (Å²) in [6, 6.07) is 9.64. The average Bonchev–Trinajstić information content (AvgIpc) is 2.26. The molecule has 2 N–H and O–H groups in total. The normalized spacial score (nSPS) is 13.9. The first-order chi connectivity index (χ1) is 7.08. The van der Waals surface area contributed by atoms with E-state index in [2.05, 4.69) is 5.32 Å². The third-order valence-corrected chi connectivity index (χ3v) is 2.66. The molecule has 1 unspecified atom stereocenters. The van der Waals surface area contributed by atoms with Crippen LogP contribution in [0.3, 0.4) is 0 Å². The van der Waals surface area contributed by atoms with Gasteiger partial charge in [0, 0.05) is 18.0 Å². The van der Waals surface area contributed by atoms with Gasteiger partial charge in [-0.2, -0.15) is 0 Å². The molecule has 0 aliphatic rings. The minimum Gasteiger partial charge on any atom is -0.387 e. The molecule has 0 amide bonds. The van der Waals surface area contributed by atoms with Crippen LogP contribution in [0.15, 0.2) is 30.3 Å². The fraction of sp³-hybridized carbons (Fsp3) is 0.500. The average molecular weight is 228 g/mol. The van der Waals surface area contributed by atoms with Crippen molar-refractivity contribution in [1.82, 2.24) is 5.32 Å². The van der Waals surface area contributed by atoms with Gasteiger partial charge >= 0.3 is 0 Å². The highest BCUT2D eigenvalue weighted by Gasteiger charge is 2.27. The lowest BCUT2D eigenvalue weighted by atomic mass is 9.91. The lowest BCUT2D eigenvalue weighted by Gasteiger charge is -2.32. The molecule has 0 spiro atoms. The maximum absolute atomic E-state index is 10.2. The van der Waals surface area contributed by atoms with E-state index in [1.807, 2.05) is 44.2 Å². The summed E-state index contributed by atoms with van der Waals surface area (Å²) < 4.78 is 0. The Bertz CT molecular complexity index is 287. The lowest BCUT2D eigenvalue weighted by molar-refractivity contribution is 0.0817. The van der Waals surface area contributed by atoms with Crippen molar-refractivity contribution in [3.63, 3.8) is 0 Å². The SMILES string of the molecule is CC(C)(NCCCl)C(O)c1ccccc1. The summed E-state index contributed by atoms with van der Waals surface area (Å²) in [5, 5.41) is 13.4. The molecule has 0 aliphatic heterocycles. The van der Waals surface area contributed by atoms with Crippen LogP contribution < -0.4 is 5.32 Å². The highest BCUT2D eigenvalue weighted by atomic mass is 35.5. The van der Waals surface area contributed by atoms with Gasteiger partial charge in [-0.25, -0.2) is 0 Å². The van der Waals surface area contributed by atoms with Gasteiger partial charge in [-0.1, -0.05) is 30.3 Å². The second-order valence-electron chi connectivity index (χ2n) is 4.15. The number of hydrogen-bond acceptors (Lipinski definition) is 2. The highest BCUT2D eigenvalue weighted by Crippen LogP contribution is 2.24. The monoisotopic (exact) mass is 227 g/mol. The van der Waals surface area contributed by atoms with Crippen LogP contribution in [0.4, 0.5) is 0 Å². The van der Waals surface area contributed by atoms with Crippen molar-refractivity contribution < 1.29 is 5.11 Å². The molecule has 0 saturated carbocycles. The fourth-order valence-corrected chi connectivity index (χ4v) is 1.61. The van der Waals surface area contributed by atoms with E-state index in [4.69, 9.17) is 11.6 Å². The number of aliphatic hydroxyl groups excluding tert-OH is 1. The summed E-state index contributed by atoms with van der Waals surface area (Å²) in [6.07, 6.45) is -0.526. The number of benzene rings is 1. The van der Waals surface area contributed by atoms with Crippen LogP contribution in [0.2, 0.25) is 0 Å². The second kappa shape index (κ2) is 5.50. The Morgan fingerprint density at radius 2 is 1.93 bits per heavy atom. The number of halogens is 1. The van der Waals surface area contributed by atoms with Crippen LogP contribution in [0.25, 0.3) is 0 Å². The Labute approximate surface area is 96.3 Å². The Morgan fingerprint density at radius 1 is 1.33 bits per heavy atom. The Balaban J connectivity index is 2.70. The smallest absolute Gasteiger partial charge is 0.0966 e. The van der Waals surface area contributed by atoms with Gasteiger partial charge < -0.3 is 10.4 Å². The molecule has 0 heterocycles. The zero-order valence-electron chi connectivity index (χ0n) is 9.20. The summed E-state index contributed by atoms with van der Waals surface area (Å²) in [5.41, 5.74) is 0.556. The van der Waals surface area contributed by atoms with E-state index in [1.54, 1.807) is 0 Å². The lowest BCUT2D eigenvalue weighted by Crippen LogP contribution is -2.45. The molecule has 0 saturated heterocycles. The molecule has 2 nitrogen and oxygen atoms in total. The van der Waals surface area contributed by atoms with Crippen LogP contribution in [-0.2, 0) is 0 Å². The van der Waals surface area contributed by atoms with E-state index in [0.29, 0.717) is 12.4 Å². The molecule has 0 aliphatic carbocycles. The fourth-order valence-electron chi connectivity index (χ4n) is 1.52. The first-order valence-corrected chi connectivity index (χ1v) is 5.65. The van der Waals surface area contributed by atoms with E-state index < -0.39 is 6.10 Å². The molecule has 0 fully saturated rings. The van der Waals surface area contributed by atoms with Gasteiger partial charge in [0.25, 0.3) is 0 Å². The Morgan fingerprint density at radius 3 is 2.47 bits per heavy atom. The number of alkyl halides is 1. The van der Waals surface area contributed by atoms with Crippen molar-refractivity contribution >= 4 is 11.6 Å². The van der Waals surface area contributed by atoms with Crippen molar-refractivity contribution in [2.24, 2.45) is 0 Å². The number of rotatable bonds is 5. The maximum Gasteiger partial charge on any atom is 0.0966 e. The van der Waals surface area contributed by atoms with E-state index in [0.717, 1.165) is 5.56 Å². The second-order valence-corrected chi connectivity index (χ2v) is 4.53. The summed E-state index contributed by atoms with van der Waals surface area (Å²) in [7, 11) is 0. The van der Waals surface area contributed by atoms with Crippen molar-refractivity contribution in [1.29, 1.82) is 0 Å². The van der Waals surface area contributed by atoms with Gasteiger partial charge in [0.1, 0.15) is 0 Å².